The number of hydrogen-bond acceptors (Lipinski definition) is 4. The van der Waals surface area contributed by atoms with Crippen LogP contribution in [0.4, 0.5) is 4.39 Å². The Kier molecular flexibility index (Phi) is 4.99. The highest BCUT2D eigenvalue weighted by Crippen LogP contribution is 2.25. The smallest absolute Gasteiger partial charge is 0.147 e. The summed E-state index contributed by atoms with van der Waals surface area (Å²) < 4.78 is 13.2. The summed E-state index contributed by atoms with van der Waals surface area (Å²) in [6.45, 7) is 5.86. The fraction of sp³-hybridized carbons (Fsp3) is 0.429. The summed E-state index contributed by atoms with van der Waals surface area (Å²) in [7, 11) is 0. The number of halogens is 1. The molecule has 0 atom stereocenters. The van der Waals surface area contributed by atoms with Crippen molar-refractivity contribution in [2.75, 3.05) is 13.1 Å². The van der Waals surface area contributed by atoms with Crippen LogP contribution in [0.15, 0.2) is 18.2 Å². The Morgan fingerprint density at radius 2 is 2.11 bits per heavy atom. The fourth-order valence-corrected chi connectivity index (χ4v) is 2.58. The zero-order chi connectivity index (χ0) is 13.7. The van der Waals surface area contributed by atoms with Gasteiger partial charge in [0.05, 0.1) is 0 Å². The van der Waals surface area contributed by atoms with Gasteiger partial charge in [0.25, 0.3) is 0 Å². The van der Waals surface area contributed by atoms with Crippen LogP contribution in [-0.2, 0) is 6.42 Å². The molecule has 5 heteroatoms. The summed E-state index contributed by atoms with van der Waals surface area (Å²) >= 11 is 1.57. The Balaban J connectivity index is 2.01. The van der Waals surface area contributed by atoms with E-state index >= 15 is 0 Å². The first kappa shape index (κ1) is 14.1. The molecule has 1 aromatic heterocycles. The Morgan fingerprint density at radius 3 is 2.84 bits per heavy atom. The topological polar surface area (TPSA) is 37.8 Å². The second kappa shape index (κ2) is 6.73. The molecule has 0 aliphatic rings. The summed E-state index contributed by atoms with van der Waals surface area (Å²) in [5.74, 6) is -0.183. The van der Waals surface area contributed by atoms with Crippen LogP contribution in [-0.4, -0.2) is 23.3 Å². The molecule has 0 amide bonds. The van der Waals surface area contributed by atoms with Crippen molar-refractivity contribution in [3.63, 3.8) is 0 Å². The van der Waals surface area contributed by atoms with Gasteiger partial charge in [-0.05, 0) is 43.7 Å². The predicted molar refractivity (Wildman–Crippen MR) is 76.9 cm³/mol. The first-order valence-corrected chi connectivity index (χ1v) is 7.32. The van der Waals surface area contributed by atoms with Crippen molar-refractivity contribution in [2.24, 2.45) is 0 Å². The molecule has 0 fully saturated rings. The molecule has 0 aliphatic carbocycles. The van der Waals surface area contributed by atoms with E-state index in [4.69, 9.17) is 0 Å². The van der Waals surface area contributed by atoms with Gasteiger partial charge in [0.1, 0.15) is 15.8 Å². The van der Waals surface area contributed by atoms with Crippen LogP contribution in [0, 0.1) is 12.7 Å². The largest absolute Gasteiger partial charge is 0.316 e. The molecule has 0 radical (unpaired) electrons. The van der Waals surface area contributed by atoms with Gasteiger partial charge in [0.15, 0.2) is 0 Å². The van der Waals surface area contributed by atoms with E-state index in [1.54, 1.807) is 24.3 Å². The minimum absolute atomic E-state index is 0.183. The van der Waals surface area contributed by atoms with E-state index in [1.807, 2.05) is 6.07 Å². The van der Waals surface area contributed by atoms with Crippen LogP contribution in [0.5, 0.6) is 0 Å². The number of hydrogen-bond donors (Lipinski definition) is 1. The van der Waals surface area contributed by atoms with Gasteiger partial charge in [-0.15, -0.1) is 10.2 Å². The molecular weight excluding hydrogens is 261 g/mol. The second-order valence-electron chi connectivity index (χ2n) is 4.46. The van der Waals surface area contributed by atoms with Crippen LogP contribution < -0.4 is 5.32 Å². The van der Waals surface area contributed by atoms with Gasteiger partial charge in [-0.1, -0.05) is 18.3 Å². The van der Waals surface area contributed by atoms with E-state index in [9.17, 15) is 4.39 Å². The standard InChI is InChI=1S/C14H18FN3S/c1-3-7-16-8-6-13-17-18-14(19-13)11-4-5-12(15)10(2)9-11/h4-5,9,16H,3,6-8H2,1-2H3. The highest BCUT2D eigenvalue weighted by Gasteiger charge is 2.08. The van der Waals surface area contributed by atoms with Crippen LogP contribution in [0.3, 0.4) is 0 Å². The van der Waals surface area contributed by atoms with Gasteiger partial charge < -0.3 is 5.32 Å². The van der Waals surface area contributed by atoms with Gasteiger partial charge in [-0.25, -0.2) is 4.39 Å². The maximum atomic E-state index is 13.2. The molecular formula is C14H18FN3S. The minimum Gasteiger partial charge on any atom is -0.316 e. The monoisotopic (exact) mass is 279 g/mol. The summed E-state index contributed by atoms with van der Waals surface area (Å²) in [6, 6.07) is 5.05. The normalized spacial score (nSPS) is 10.9. The lowest BCUT2D eigenvalue weighted by Gasteiger charge is -1.99. The molecule has 102 valence electrons. The molecule has 0 saturated heterocycles. The zero-order valence-corrected chi connectivity index (χ0v) is 12.1. The van der Waals surface area contributed by atoms with Crippen molar-refractivity contribution in [1.82, 2.24) is 15.5 Å². The van der Waals surface area contributed by atoms with E-state index in [0.29, 0.717) is 5.56 Å². The first-order valence-electron chi connectivity index (χ1n) is 6.50. The molecule has 0 unspecified atom stereocenters. The van der Waals surface area contributed by atoms with E-state index in [0.717, 1.165) is 41.5 Å². The minimum atomic E-state index is -0.183. The Hall–Kier alpha value is -1.33. The number of benzene rings is 1. The quantitative estimate of drug-likeness (QED) is 0.825. The van der Waals surface area contributed by atoms with E-state index in [2.05, 4.69) is 22.4 Å². The first-order chi connectivity index (χ1) is 9.20. The van der Waals surface area contributed by atoms with Crippen molar-refractivity contribution in [3.8, 4) is 10.6 Å². The Bertz CT molecular complexity index is 539. The van der Waals surface area contributed by atoms with Crippen molar-refractivity contribution >= 4 is 11.3 Å². The third-order valence-electron chi connectivity index (χ3n) is 2.81. The van der Waals surface area contributed by atoms with Crippen LogP contribution in [0.25, 0.3) is 10.6 Å². The predicted octanol–water partition coefficient (Wildman–Crippen LogP) is 3.19. The van der Waals surface area contributed by atoms with Crippen LogP contribution in [0.2, 0.25) is 0 Å². The number of rotatable bonds is 6. The third-order valence-corrected chi connectivity index (χ3v) is 3.85. The van der Waals surface area contributed by atoms with Crippen LogP contribution in [0.1, 0.15) is 23.9 Å². The zero-order valence-electron chi connectivity index (χ0n) is 11.2. The lowest BCUT2D eigenvalue weighted by molar-refractivity contribution is 0.619. The summed E-state index contributed by atoms with van der Waals surface area (Å²) in [6.07, 6.45) is 2.02. The third kappa shape index (κ3) is 3.81. The molecule has 3 nitrogen and oxygen atoms in total. The molecule has 19 heavy (non-hydrogen) atoms. The highest BCUT2D eigenvalue weighted by atomic mass is 32.1. The second-order valence-corrected chi connectivity index (χ2v) is 5.53. The average molecular weight is 279 g/mol. The number of nitrogens with one attached hydrogen (secondary N) is 1. The molecule has 2 rings (SSSR count). The lowest BCUT2D eigenvalue weighted by atomic mass is 10.1. The summed E-state index contributed by atoms with van der Waals surface area (Å²) in [4.78, 5) is 0. The van der Waals surface area contributed by atoms with E-state index < -0.39 is 0 Å². The molecule has 1 aromatic carbocycles. The number of aryl methyl sites for hydroxylation is 1. The summed E-state index contributed by atoms with van der Waals surface area (Å²) in [5, 5.41) is 13.6. The highest BCUT2D eigenvalue weighted by molar-refractivity contribution is 7.14. The summed E-state index contributed by atoms with van der Waals surface area (Å²) in [5.41, 5.74) is 1.57. The fourth-order valence-electron chi connectivity index (χ4n) is 1.75. The van der Waals surface area contributed by atoms with Crippen molar-refractivity contribution < 1.29 is 4.39 Å². The molecule has 0 bridgehead atoms. The Labute approximate surface area is 116 Å². The molecule has 0 saturated carbocycles. The molecule has 1 N–H and O–H groups in total. The van der Waals surface area contributed by atoms with Gasteiger partial charge in [-0.2, -0.15) is 0 Å². The van der Waals surface area contributed by atoms with Crippen molar-refractivity contribution in [2.45, 2.75) is 26.7 Å². The van der Waals surface area contributed by atoms with Crippen molar-refractivity contribution in [3.05, 3.63) is 34.6 Å². The van der Waals surface area contributed by atoms with Gasteiger partial charge >= 0.3 is 0 Å². The SMILES string of the molecule is CCCNCCc1nnc(-c2ccc(F)c(C)c2)s1. The average Bonchev–Trinajstić information content (AvgIpc) is 2.87. The molecule has 0 spiro atoms. The molecule has 0 aliphatic heterocycles. The van der Waals surface area contributed by atoms with Crippen LogP contribution >= 0.6 is 11.3 Å². The van der Waals surface area contributed by atoms with Gasteiger partial charge in [0, 0.05) is 18.5 Å². The number of aromatic nitrogens is 2. The van der Waals surface area contributed by atoms with E-state index in [1.165, 1.54) is 6.07 Å². The lowest BCUT2D eigenvalue weighted by Crippen LogP contribution is -2.17. The number of nitrogens with zero attached hydrogens (tertiary/aromatic N) is 2. The maximum Gasteiger partial charge on any atom is 0.147 e. The molecule has 1 heterocycles. The van der Waals surface area contributed by atoms with Gasteiger partial charge in [0.2, 0.25) is 0 Å². The van der Waals surface area contributed by atoms with E-state index in [-0.39, 0.29) is 5.82 Å². The van der Waals surface area contributed by atoms with Gasteiger partial charge in [-0.3, -0.25) is 0 Å². The van der Waals surface area contributed by atoms with Crippen molar-refractivity contribution in [1.29, 1.82) is 0 Å². The molecule has 2 aromatic rings. The maximum absolute atomic E-state index is 13.2. The Morgan fingerprint density at radius 1 is 1.26 bits per heavy atom.